The number of anilines is 1. The third kappa shape index (κ3) is 3.38. The van der Waals surface area contributed by atoms with E-state index in [-0.39, 0.29) is 11.8 Å². The smallest absolute Gasteiger partial charge is 0.257 e. The van der Waals surface area contributed by atoms with E-state index in [1.165, 1.54) is 11.3 Å². The summed E-state index contributed by atoms with van der Waals surface area (Å²) in [6.45, 7) is 5.83. The molecule has 1 aromatic carbocycles. The van der Waals surface area contributed by atoms with E-state index in [0.29, 0.717) is 18.2 Å². The fraction of sp³-hybridized carbons (Fsp3) is 0.278. The highest BCUT2D eigenvalue weighted by Gasteiger charge is 2.18. The lowest BCUT2D eigenvalue weighted by Crippen LogP contribution is -2.18. The van der Waals surface area contributed by atoms with Crippen LogP contribution in [-0.4, -0.2) is 16.1 Å². The van der Waals surface area contributed by atoms with Crippen LogP contribution < -0.4 is 5.32 Å². The number of aromatic nitrogens is 2. The van der Waals surface area contributed by atoms with Crippen molar-refractivity contribution in [2.24, 2.45) is 0 Å². The van der Waals surface area contributed by atoms with Gasteiger partial charge in [-0.15, -0.1) is 21.5 Å². The number of carbonyl (C=O) groups is 1. The Labute approximate surface area is 144 Å². The molecule has 0 saturated heterocycles. The second-order valence-corrected chi connectivity index (χ2v) is 6.81. The predicted octanol–water partition coefficient (Wildman–Crippen LogP) is 4.41. The van der Waals surface area contributed by atoms with E-state index >= 15 is 0 Å². The summed E-state index contributed by atoms with van der Waals surface area (Å²) in [7, 11) is 0. The van der Waals surface area contributed by atoms with Crippen molar-refractivity contribution in [2.45, 2.75) is 33.1 Å². The van der Waals surface area contributed by atoms with E-state index in [4.69, 9.17) is 4.42 Å². The van der Waals surface area contributed by atoms with Crippen LogP contribution in [0.25, 0.3) is 10.8 Å². The largest absolute Gasteiger partial charge is 0.420 e. The molecular weight excluding hydrogens is 322 g/mol. The standard InChI is InChI=1S/C18H19N3O2S/c1-4-16-20-21-18(23-16)15-10-14(12(3)24-15)19-17(22)11(2)13-8-6-5-7-9-13/h5-11H,4H2,1-3H3,(H,19,22). The molecule has 0 bridgehead atoms. The van der Waals surface area contributed by atoms with Gasteiger partial charge in [0.25, 0.3) is 5.89 Å². The quantitative estimate of drug-likeness (QED) is 0.746. The third-order valence-corrected chi connectivity index (χ3v) is 4.89. The zero-order valence-corrected chi connectivity index (χ0v) is 14.7. The first-order chi connectivity index (χ1) is 11.6. The van der Waals surface area contributed by atoms with E-state index in [0.717, 1.165) is 21.0 Å². The van der Waals surface area contributed by atoms with E-state index in [9.17, 15) is 4.79 Å². The first-order valence-electron chi connectivity index (χ1n) is 7.87. The van der Waals surface area contributed by atoms with E-state index in [2.05, 4.69) is 15.5 Å². The summed E-state index contributed by atoms with van der Waals surface area (Å²) in [6.07, 6.45) is 0.704. The molecule has 3 aromatic rings. The normalized spacial score (nSPS) is 12.1. The molecule has 0 aliphatic heterocycles. The van der Waals surface area contributed by atoms with Crippen LogP contribution in [0.3, 0.4) is 0 Å². The summed E-state index contributed by atoms with van der Waals surface area (Å²) in [6, 6.07) is 11.6. The Morgan fingerprint density at radius 2 is 2.04 bits per heavy atom. The summed E-state index contributed by atoms with van der Waals surface area (Å²) in [5, 5.41) is 11.0. The van der Waals surface area contributed by atoms with Crippen molar-refractivity contribution in [3.05, 3.63) is 52.7 Å². The van der Waals surface area contributed by atoms with Gasteiger partial charge in [0.05, 0.1) is 16.5 Å². The average Bonchev–Trinajstić information content (AvgIpc) is 3.22. The SMILES string of the molecule is CCc1nnc(-c2cc(NC(=O)C(C)c3ccccc3)c(C)s2)o1. The average molecular weight is 341 g/mol. The second kappa shape index (κ2) is 6.97. The van der Waals surface area contributed by atoms with Crippen LogP contribution in [0.4, 0.5) is 5.69 Å². The van der Waals surface area contributed by atoms with Gasteiger partial charge in [-0.3, -0.25) is 4.79 Å². The number of thiophene rings is 1. The Morgan fingerprint density at radius 1 is 1.29 bits per heavy atom. The Hall–Kier alpha value is -2.47. The van der Waals surface area contributed by atoms with Gasteiger partial charge < -0.3 is 9.73 Å². The third-order valence-electron chi connectivity index (χ3n) is 3.85. The maximum absolute atomic E-state index is 12.5. The first kappa shape index (κ1) is 16.4. The van der Waals surface area contributed by atoms with Crippen LogP contribution in [0.15, 0.2) is 40.8 Å². The minimum absolute atomic E-state index is 0.0339. The zero-order chi connectivity index (χ0) is 17.1. The number of rotatable bonds is 5. The molecule has 2 heterocycles. The number of hydrogen-bond donors (Lipinski definition) is 1. The van der Waals surface area contributed by atoms with Crippen molar-refractivity contribution in [1.82, 2.24) is 10.2 Å². The Balaban J connectivity index is 1.77. The summed E-state index contributed by atoms with van der Waals surface area (Å²) in [5.74, 6) is 0.855. The van der Waals surface area contributed by atoms with Crippen LogP contribution in [-0.2, 0) is 11.2 Å². The molecule has 2 aromatic heterocycles. The van der Waals surface area contributed by atoms with Gasteiger partial charge in [-0.1, -0.05) is 37.3 Å². The Bertz CT molecular complexity index is 839. The van der Waals surface area contributed by atoms with Crippen LogP contribution in [0, 0.1) is 6.92 Å². The van der Waals surface area contributed by atoms with Crippen LogP contribution in [0.1, 0.15) is 36.1 Å². The molecular formula is C18H19N3O2S. The lowest BCUT2D eigenvalue weighted by atomic mass is 10.0. The first-order valence-corrected chi connectivity index (χ1v) is 8.69. The van der Waals surface area contributed by atoms with Crippen molar-refractivity contribution >= 4 is 22.9 Å². The van der Waals surface area contributed by atoms with Gasteiger partial charge in [0, 0.05) is 11.3 Å². The van der Waals surface area contributed by atoms with Crippen LogP contribution in [0.2, 0.25) is 0 Å². The van der Waals surface area contributed by atoms with Crippen molar-refractivity contribution in [3.63, 3.8) is 0 Å². The van der Waals surface area contributed by atoms with Crippen molar-refractivity contribution in [2.75, 3.05) is 5.32 Å². The summed E-state index contributed by atoms with van der Waals surface area (Å²) in [5.41, 5.74) is 1.78. The highest BCUT2D eigenvalue weighted by Crippen LogP contribution is 2.34. The number of nitrogens with one attached hydrogen (secondary N) is 1. The number of carbonyl (C=O) groups excluding carboxylic acids is 1. The Morgan fingerprint density at radius 3 is 2.71 bits per heavy atom. The molecule has 0 radical (unpaired) electrons. The van der Waals surface area contributed by atoms with Crippen molar-refractivity contribution in [3.8, 4) is 10.8 Å². The monoisotopic (exact) mass is 341 g/mol. The van der Waals surface area contributed by atoms with Crippen LogP contribution in [0.5, 0.6) is 0 Å². The Kier molecular flexibility index (Phi) is 4.76. The van der Waals surface area contributed by atoms with Gasteiger partial charge in [0.15, 0.2) is 0 Å². The molecule has 0 spiro atoms. The predicted molar refractivity (Wildman–Crippen MR) is 95.2 cm³/mol. The summed E-state index contributed by atoms with van der Waals surface area (Å²) >= 11 is 1.53. The van der Waals surface area contributed by atoms with E-state index in [1.54, 1.807) is 0 Å². The highest BCUT2D eigenvalue weighted by molar-refractivity contribution is 7.15. The molecule has 0 saturated carbocycles. The lowest BCUT2D eigenvalue weighted by molar-refractivity contribution is -0.117. The molecule has 1 N–H and O–H groups in total. The fourth-order valence-electron chi connectivity index (χ4n) is 2.34. The number of benzene rings is 1. The molecule has 0 aliphatic carbocycles. The molecule has 1 atom stereocenters. The van der Waals surface area contributed by atoms with Crippen molar-refractivity contribution < 1.29 is 9.21 Å². The molecule has 0 aliphatic rings. The van der Waals surface area contributed by atoms with Gasteiger partial charge in [0.2, 0.25) is 11.8 Å². The number of aryl methyl sites for hydroxylation is 2. The van der Waals surface area contributed by atoms with Gasteiger partial charge in [-0.25, -0.2) is 0 Å². The summed E-state index contributed by atoms with van der Waals surface area (Å²) in [4.78, 5) is 14.4. The maximum atomic E-state index is 12.5. The molecule has 1 unspecified atom stereocenters. The minimum Gasteiger partial charge on any atom is -0.420 e. The zero-order valence-electron chi connectivity index (χ0n) is 13.9. The highest BCUT2D eigenvalue weighted by atomic mass is 32.1. The molecule has 0 fully saturated rings. The molecule has 6 heteroatoms. The van der Waals surface area contributed by atoms with Gasteiger partial charge in [-0.2, -0.15) is 0 Å². The van der Waals surface area contributed by atoms with Crippen molar-refractivity contribution in [1.29, 1.82) is 0 Å². The molecule has 124 valence electrons. The van der Waals surface area contributed by atoms with Gasteiger partial charge in [-0.05, 0) is 25.5 Å². The summed E-state index contributed by atoms with van der Waals surface area (Å²) < 4.78 is 5.58. The molecule has 3 rings (SSSR count). The number of amides is 1. The molecule has 1 amide bonds. The van der Waals surface area contributed by atoms with Gasteiger partial charge >= 0.3 is 0 Å². The molecule has 5 nitrogen and oxygen atoms in total. The van der Waals surface area contributed by atoms with E-state index in [1.807, 2.05) is 57.2 Å². The van der Waals surface area contributed by atoms with E-state index < -0.39 is 0 Å². The maximum Gasteiger partial charge on any atom is 0.257 e. The number of nitrogens with zero attached hydrogens (tertiary/aromatic N) is 2. The van der Waals surface area contributed by atoms with Crippen LogP contribution >= 0.6 is 11.3 Å². The topological polar surface area (TPSA) is 68.0 Å². The fourth-order valence-corrected chi connectivity index (χ4v) is 3.24. The minimum atomic E-state index is -0.218. The lowest BCUT2D eigenvalue weighted by Gasteiger charge is -2.12. The molecule has 24 heavy (non-hydrogen) atoms. The number of hydrogen-bond acceptors (Lipinski definition) is 5. The van der Waals surface area contributed by atoms with Gasteiger partial charge in [0.1, 0.15) is 0 Å². The second-order valence-electron chi connectivity index (χ2n) is 5.56.